The van der Waals surface area contributed by atoms with Crippen LogP contribution in [-0.4, -0.2) is 22.9 Å². The van der Waals surface area contributed by atoms with Crippen LogP contribution in [0, 0.1) is 21.7 Å². The van der Waals surface area contributed by atoms with Gasteiger partial charge in [-0.05, 0) is 26.9 Å². The minimum Gasteiger partial charge on any atom is -0.343 e. The van der Waals surface area contributed by atoms with Gasteiger partial charge < -0.3 is 4.52 Å². The number of hydrogen-bond donors (Lipinski definition) is 0. The lowest BCUT2D eigenvalue weighted by molar-refractivity contribution is 0.416. The Hall–Kier alpha value is -1.59. The van der Waals surface area contributed by atoms with Crippen molar-refractivity contribution in [3.05, 3.63) is 12.7 Å². The second-order valence-electron chi connectivity index (χ2n) is 13.3. The molecule has 1 aromatic rings. The summed E-state index contributed by atoms with van der Waals surface area (Å²) in [4.78, 5) is 3.44. The summed E-state index contributed by atoms with van der Waals surface area (Å²) in [6.07, 6.45) is 4.25. The fourth-order valence-electron chi connectivity index (χ4n) is 0.319. The molecule has 0 saturated heterocycles. The van der Waals surface area contributed by atoms with Crippen LogP contribution in [0.25, 0.3) is 0 Å². The molecule has 6 heteroatoms. The van der Waals surface area contributed by atoms with E-state index in [-0.39, 0.29) is 0 Å². The first kappa shape index (κ1) is 35.8. The van der Waals surface area contributed by atoms with E-state index in [1.54, 1.807) is 6.21 Å². The van der Waals surface area contributed by atoms with Crippen molar-refractivity contribution < 1.29 is 4.52 Å². The molecule has 1 aliphatic heterocycles. The standard InChI is InChI=1S/4C5H12.C2H3N3.C2H2N2O/c4*1-5(2,3)4;1-2-4-5-3-1;1-3-2-5-4-1/h4*1-4H3;1H,2H2;1-2H. The van der Waals surface area contributed by atoms with Crippen LogP contribution in [0.2, 0.25) is 0 Å². The molecule has 0 bridgehead atoms. The van der Waals surface area contributed by atoms with E-state index >= 15 is 0 Å². The Labute approximate surface area is 188 Å². The number of hydrogen-bond acceptors (Lipinski definition) is 6. The molecule has 180 valence electrons. The average Bonchev–Trinajstić information content (AvgIpc) is 3.10. The van der Waals surface area contributed by atoms with E-state index in [0.717, 1.165) is 0 Å². The third-order valence-corrected chi connectivity index (χ3v) is 0.642. The predicted octanol–water partition coefficient (Wildman–Crippen LogP) is 8.72. The van der Waals surface area contributed by atoms with Gasteiger partial charge in [-0.1, -0.05) is 116 Å². The Morgan fingerprint density at radius 1 is 0.600 bits per heavy atom. The lowest BCUT2D eigenvalue weighted by Crippen LogP contribution is -1.93. The zero-order valence-electron chi connectivity index (χ0n) is 23.1. The zero-order valence-corrected chi connectivity index (χ0v) is 23.1. The summed E-state index contributed by atoms with van der Waals surface area (Å²) in [5, 5.41) is 13.4. The van der Waals surface area contributed by atoms with Crippen molar-refractivity contribution in [3.8, 4) is 0 Å². The van der Waals surface area contributed by atoms with Crippen molar-refractivity contribution in [2.45, 2.75) is 111 Å². The van der Waals surface area contributed by atoms with Crippen LogP contribution in [0.3, 0.4) is 0 Å². The third-order valence-electron chi connectivity index (χ3n) is 0.642. The fraction of sp³-hybridized carbons (Fsp3) is 0.875. The maximum absolute atomic E-state index is 4.22. The van der Waals surface area contributed by atoms with Gasteiger partial charge in [-0.3, -0.25) is 0 Å². The summed E-state index contributed by atoms with van der Waals surface area (Å²) in [7, 11) is 0. The van der Waals surface area contributed by atoms with Gasteiger partial charge in [0.1, 0.15) is 0 Å². The molecule has 0 N–H and O–H groups in total. The van der Waals surface area contributed by atoms with Crippen molar-refractivity contribution in [1.82, 2.24) is 10.1 Å². The van der Waals surface area contributed by atoms with E-state index in [1.807, 2.05) is 0 Å². The Kier molecular flexibility index (Phi) is 21.7. The van der Waals surface area contributed by atoms with Gasteiger partial charge in [0.25, 0.3) is 0 Å². The molecular weight excluding hydrogens is 374 g/mol. The van der Waals surface area contributed by atoms with Crippen LogP contribution < -0.4 is 0 Å². The van der Waals surface area contributed by atoms with Crippen molar-refractivity contribution >= 4 is 6.21 Å². The largest absolute Gasteiger partial charge is 0.343 e. The molecule has 30 heavy (non-hydrogen) atoms. The van der Waals surface area contributed by atoms with E-state index in [1.165, 1.54) is 12.7 Å². The molecule has 0 aliphatic carbocycles. The summed E-state index contributed by atoms with van der Waals surface area (Å²) < 4.78 is 4.22. The van der Waals surface area contributed by atoms with E-state index in [4.69, 9.17) is 0 Å². The third kappa shape index (κ3) is 241. The Balaban J connectivity index is -0.000000135. The van der Waals surface area contributed by atoms with Crippen LogP contribution in [0.4, 0.5) is 0 Å². The maximum atomic E-state index is 4.22. The normalized spacial score (nSPS) is 12.3. The number of rotatable bonds is 0. The van der Waals surface area contributed by atoms with E-state index in [9.17, 15) is 0 Å². The van der Waals surface area contributed by atoms with Gasteiger partial charge in [0, 0.05) is 0 Å². The van der Waals surface area contributed by atoms with Crippen molar-refractivity contribution in [2.75, 3.05) is 6.54 Å². The molecule has 1 aromatic heterocycles. The molecule has 2 rings (SSSR count). The molecule has 0 atom stereocenters. The molecule has 0 fully saturated rings. The van der Waals surface area contributed by atoms with Crippen molar-refractivity contribution in [1.29, 1.82) is 0 Å². The van der Waals surface area contributed by atoms with Gasteiger partial charge in [-0.15, -0.1) is 5.10 Å². The van der Waals surface area contributed by atoms with Crippen molar-refractivity contribution in [2.24, 2.45) is 37.1 Å². The molecule has 0 saturated carbocycles. The first-order valence-electron chi connectivity index (χ1n) is 10.6. The highest BCUT2D eigenvalue weighted by molar-refractivity contribution is 5.60. The van der Waals surface area contributed by atoms with Crippen molar-refractivity contribution in [3.63, 3.8) is 0 Å². The molecule has 1 aliphatic rings. The Morgan fingerprint density at radius 2 is 0.933 bits per heavy atom. The van der Waals surface area contributed by atoms with E-state index in [2.05, 4.69) is 141 Å². The molecule has 0 aromatic carbocycles. The molecule has 0 radical (unpaired) electrons. The van der Waals surface area contributed by atoms with Crippen LogP contribution >= 0.6 is 0 Å². The summed E-state index contributed by atoms with van der Waals surface area (Å²) in [6.45, 7) is 35.7. The zero-order chi connectivity index (χ0) is 25.1. The maximum Gasteiger partial charge on any atom is 0.213 e. The molecule has 2 heterocycles. The number of aromatic nitrogens is 2. The van der Waals surface area contributed by atoms with E-state index in [0.29, 0.717) is 28.2 Å². The lowest BCUT2D eigenvalue weighted by Gasteiger charge is -2.05. The fourth-order valence-corrected chi connectivity index (χ4v) is 0.319. The first-order chi connectivity index (χ1) is 13.0. The second-order valence-corrected chi connectivity index (χ2v) is 13.3. The summed E-state index contributed by atoms with van der Waals surface area (Å²) >= 11 is 0. The smallest absolute Gasteiger partial charge is 0.213 e. The number of nitrogens with zero attached hydrogens (tertiary/aromatic N) is 5. The summed E-state index contributed by atoms with van der Waals surface area (Å²) in [5.74, 6) is 0. The second kappa shape index (κ2) is 18.2. The van der Waals surface area contributed by atoms with Gasteiger partial charge in [-0.25, -0.2) is 4.98 Å². The highest BCUT2D eigenvalue weighted by Gasteiger charge is 1.96. The highest BCUT2D eigenvalue weighted by Crippen LogP contribution is 2.09. The minimum absolute atomic E-state index is 0.500. The molecule has 0 amide bonds. The van der Waals surface area contributed by atoms with Gasteiger partial charge in [0.05, 0.1) is 12.8 Å². The first-order valence-corrected chi connectivity index (χ1v) is 10.6. The van der Waals surface area contributed by atoms with Crippen LogP contribution in [0.1, 0.15) is 111 Å². The quantitative estimate of drug-likeness (QED) is 0.415. The summed E-state index contributed by atoms with van der Waals surface area (Å²) in [6, 6.07) is 0. The molecule has 0 spiro atoms. The van der Waals surface area contributed by atoms with Gasteiger partial charge >= 0.3 is 0 Å². The molecular formula is C24H53N5O. The van der Waals surface area contributed by atoms with Crippen LogP contribution in [0.15, 0.2) is 32.7 Å². The summed E-state index contributed by atoms with van der Waals surface area (Å²) in [5.41, 5.74) is 2.00. The average molecular weight is 428 g/mol. The highest BCUT2D eigenvalue weighted by atomic mass is 16.5. The topological polar surface area (TPSA) is 76.0 Å². The monoisotopic (exact) mass is 427 g/mol. The van der Waals surface area contributed by atoms with Crippen LogP contribution in [-0.2, 0) is 0 Å². The molecule has 6 nitrogen and oxygen atoms in total. The van der Waals surface area contributed by atoms with Gasteiger partial charge in [0.15, 0.2) is 6.33 Å². The minimum atomic E-state index is 0.500. The molecule has 0 unspecified atom stereocenters. The predicted molar refractivity (Wildman–Crippen MR) is 133 cm³/mol. The van der Waals surface area contributed by atoms with E-state index < -0.39 is 0 Å². The van der Waals surface area contributed by atoms with Gasteiger partial charge in [-0.2, -0.15) is 5.11 Å². The lowest BCUT2D eigenvalue weighted by atomic mass is 10.0. The Bertz CT molecular complexity index is 394. The van der Waals surface area contributed by atoms with Crippen LogP contribution in [0.5, 0.6) is 0 Å². The van der Waals surface area contributed by atoms with Gasteiger partial charge in [0.2, 0.25) is 6.39 Å². The SMILES string of the molecule is C1=NN=NC1.CC(C)(C)C.CC(C)(C)C.CC(C)(C)C.CC(C)(C)C.c1ncon1. The Morgan fingerprint density at radius 3 is 1.00 bits per heavy atom.